The number of nitrogens with zero attached hydrogens (tertiary/aromatic N) is 1. The molecular formula is C10H14N2O2. The summed E-state index contributed by atoms with van der Waals surface area (Å²) in [6.07, 6.45) is -0.0878. The highest BCUT2D eigenvalue weighted by Crippen LogP contribution is 2.13. The maximum Gasteiger partial charge on any atom is 0.305 e. The molecule has 0 aliphatic carbocycles. The number of nitrogens with two attached hydrogens (primary N) is 1. The third-order valence-electron chi connectivity index (χ3n) is 2.15. The molecule has 0 radical (unpaired) electrons. The van der Waals surface area contributed by atoms with Crippen molar-refractivity contribution in [2.75, 3.05) is 0 Å². The van der Waals surface area contributed by atoms with Gasteiger partial charge in [-0.2, -0.15) is 0 Å². The molecule has 1 atom stereocenters. The molecule has 1 aromatic rings. The summed E-state index contributed by atoms with van der Waals surface area (Å²) in [6, 6.07) is 3.15. The van der Waals surface area contributed by atoms with Crippen LogP contribution in [0.4, 0.5) is 0 Å². The topological polar surface area (TPSA) is 76.2 Å². The normalized spacial score (nSPS) is 12.5. The van der Waals surface area contributed by atoms with Gasteiger partial charge in [0.1, 0.15) is 0 Å². The molecule has 0 spiro atoms. The number of aromatic nitrogens is 1. The van der Waals surface area contributed by atoms with E-state index in [1.54, 1.807) is 6.07 Å². The average molecular weight is 194 g/mol. The van der Waals surface area contributed by atoms with Crippen LogP contribution in [-0.4, -0.2) is 16.1 Å². The van der Waals surface area contributed by atoms with Crippen molar-refractivity contribution in [2.24, 2.45) is 5.73 Å². The number of rotatable bonds is 3. The van der Waals surface area contributed by atoms with Gasteiger partial charge in [-0.25, -0.2) is 0 Å². The Kier molecular flexibility index (Phi) is 3.19. The van der Waals surface area contributed by atoms with Gasteiger partial charge >= 0.3 is 5.97 Å². The predicted molar refractivity (Wildman–Crippen MR) is 52.9 cm³/mol. The SMILES string of the molecule is Cc1ccc(C(N)CC(=O)O)nc1C. The zero-order valence-corrected chi connectivity index (χ0v) is 8.32. The summed E-state index contributed by atoms with van der Waals surface area (Å²) >= 11 is 0. The Hall–Kier alpha value is -1.42. The van der Waals surface area contributed by atoms with Crippen molar-refractivity contribution in [2.45, 2.75) is 26.3 Å². The molecule has 0 aliphatic heterocycles. The summed E-state index contributed by atoms with van der Waals surface area (Å²) in [4.78, 5) is 14.7. The van der Waals surface area contributed by atoms with E-state index in [9.17, 15) is 4.79 Å². The fourth-order valence-electron chi connectivity index (χ4n) is 1.15. The van der Waals surface area contributed by atoms with Crippen LogP contribution in [0.2, 0.25) is 0 Å². The van der Waals surface area contributed by atoms with Gasteiger partial charge in [0, 0.05) is 5.69 Å². The number of carbonyl (C=O) groups is 1. The largest absolute Gasteiger partial charge is 0.481 e. The summed E-state index contributed by atoms with van der Waals surface area (Å²) < 4.78 is 0. The first-order valence-corrected chi connectivity index (χ1v) is 4.42. The zero-order chi connectivity index (χ0) is 10.7. The van der Waals surface area contributed by atoms with Crippen LogP contribution >= 0.6 is 0 Å². The van der Waals surface area contributed by atoms with Crippen LogP contribution in [0, 0.1) is 13.8 Å². The van der Waals surface area contributed by atoms with Gasteiger partial charge in [-0.3, -0.25) is 9.78 Å². The first-order valence-electron chi connectivity index (χ1n) is 4.42. The smallest absolute Gasteiger partial charge is 0.305 e. The first kappa shape index (κ1) is 10.7. The van der Waals surface area contributed by atoms with Crippen LogP contribution in [0.1, 0.15) is 29.4 Å². The molecule has 1 rings (SSSR count). The number of aliphatic carboxylic acids is 1. The number of hydrogen-bond donors (Lipinski definition) is 2. The van der Waals surface area contributed by atoms with E-state index in [4.69, 9.17) is 10.8 Å². The maximum atomic E-state index is 10.4. The van der Waals surface area contributed by atoms with Crippen molar-refractivity contribution in [3.05, 3.63) is 29.1 Å². The Balaban J connectivity index is 2.85. The van der Waals surface area contributed by atoms with E-state index in [0.29, 0.717) is 5.69 Å². The molecule has 0 amide bonds. The first-order chi connectivity index (χ1) is 6.50. The summed E-state index contributed by atoms with van der Waals surface area (Å²) in [6.45, 7) is 3.83. The second kappa shape index (κ2) is 4.19. The van der Waals surface area contributed by atoms with E-state index >= 15 is 0 Å². The van der Waals surface area contributed by atoms with Crippen molar-refractivity contribution >= 4 is 5.97 Å². The Bertz CT molecular complexity index is 350. The van der Waals surface area contributed by atoms with Crippen LogP contribution in [-0.2, 0) is 4.79 Å². The molecule has 0 bridgehead atoms. The quantitative estimate of drug-likeness (QED) is 0.757. The molecule has 0 saturated heterocycles. The lowest BCUT2D eigenvalue weighted by atomic mass is 10.1. The second-order valence-corrected chi connectivity index (χ2v) is 3.34. The maximum absolute atomic E-state index is 10.4. The van der Waals surface area contributed by atoms with Gasteiger partial charge in [0.2, 0.25) is 0 Å². The fourth-order valence-corrected chi connectivity index (χ4v) is 1.15. The third-order valence-corrected chi connectivity index (χ3v) is 2.15. The van der Waals surface area contributed by atoms with Crippen LogP contribution in [0.25, 0.3) is 0 Å². The molecule has 0 fully saturated rings. The molecular weight excluding hydrogens is 180 g/mol. The molecule has 0 aliphatic rings. The van der Waals surface area contributed by atoms with E-state index in [-0.39, 0.29) is 6.42 Å². The Morgan fingerprint density at radius 2 is 2.21 bits per heavy atom. The fraction of sp³-hybridized carbons (Fsp3) is 0.400. The van der Waals surface area contributed by atoms with Gasteiger partial charge in [-0.05, 0) is 25.5 Å². The van der Waals surface area contributed by atoms with Crippen molar-refractivity contribution < 1.29 is 9.90 Å². The van der Waals surface area contributed by atoms with Gasteiger partial charge < -0.3 is 10.8 Å². The number of hydrogen-bond acceptors (Lipinski definition) is 3. The number of carboxylic acids is 1. The molecule has 4 heteroatoms. The summed E-state index contributed by atoms with van der Waals surface area (Å²) in [5, 5.41) is 8.56. The van der Waals surface area contributed by atoms with Crippen molar-refractivity contribution in [3.8, 4) is 0 Å². The minimum atomic E-state index is -0.905. The molecule has 0 aromatic carbocycles. The van der Waals surface area contributed by atoms with E-state index in [0.717, 1.165) is 11.3 Å². The molecule has 1 unspecified atom stereocenters. The highest BCUT2D eigenvalue weighted by molar-refractivity contribution is 5.67. The standard InChI is InChI=1S/C10H14N2O2/c1-6-3-4-9(12-7(6)2)8(11)5-10(13)14/h3-4,8H,5,11H2,1-2H3,(H,13,14). The van der Waals surface area contributed by atoms with E-state index in [1.165, 1.54) is 0 Å². The van der Waals surface area contributed by atoms with Crippen LogP contribution < -0.4 is 5.73 Å². The zero-order valence-electron chi connectivity index (χ0n) is 8.32. The van der Waals surface area contributed by atoms with E-state index in [2.05, 4.69) is 4.98 Å². The molecule has 3 N–H and O–H groups in total. The van der Waals surface area contributed by atoms with E-state index in [1.807, 2.05) is 19.9 Å². The van der Waals surface area contributed by atoms with Crippen LogP contribution in [0.5, 0.6) is 0 Å². The van der Waals surface area contributed by atoms with Gasteiger partial charge in [0.05, 0.1) is 18.2 Å². The number of aryl methyl sites for hydroxylation is 2. The lowest BCUT2D eigenvalue weighted by Crippen LogP contribution is -2.16. The van der Waals surface area contributed by atoms with Gasteiger partial charge in [0.25, 0.3) is 0 Å². The van der Waals surface area contributed by atoms with E-state index < -0.39 is 12.0 Å². The lowest BCUT2D eigenvalue weighted by molar-refractivity contribution is -0.137. The molecule has 1 heterocycles. The highest BCUT2D eigenvalue weighted by Gasteiger charge is 2.12. The lowest BCUT2D eigenvalue weighted by Gasteiger charge is -2.09. The van der Waals surface area contributed by atoms with Crippen molar-refractivity contribution in [1.82, 2.24) is 4.98 Å². The molecule has 1 aromatic heterocycles. The minimum absolute atomic E-state index is 0.0878. The monoisotopic (exact) mass is 194 g/mol. The summed E-state index contributed by atoms with van der Waals surface area (Å²) in [5.41, 5.74) is 8.28. The number of pyridine rings is 1. The van der Waals surface area contributed by atoms with Gasteiger partial charge in [0.15, 0.2) is 0 Å². The average Bonchev–Trinajstić information content (AvgIpc) is 2.08. The van der Waals surface area contributed by atoms with Gasteiger partial charge in [-0.15, -0.1) is 0 Å². The molecule has 76 valence electrons. The minimum Gasteiger partial charge on any atom is -0.481 e. The third kappa shape index (κ3) is 2.53. The Labute approximate surface area is 82.8 Å². The molecule has 14 heavy (non-hydrogen) atoms. The van der Waals surface area contributed by atoms with Crippen molar-refractivity contribution in [3.63, 3.8) is 0 Å². The Morgan fingerprint density at radius 1 is 1.57 bits per heavy atom. The highest BCUT2D eigenvalue weighted by atomic mass is 16.4. The predicted octanol–water partition coefficient (Wildman–Crippen LogP) is 1.17. The summed E-state index contributed by atoms with van der Waals surface area (Å²) in [5.74, 6) is -0.905. The molecule has 4 nitrogen and oxygen atoms in total. The van der Waals surface area contributed by atoms with Gasteiger partial charge in [-0.1, -0.05) is 6.07 Å². The summed E-state index contributed by atoms with van der Waals surface area (Å²) in [7, 11) is 0. The van der Waals surface area contributed by atoms with Crippen molar-refractivity contribution in [1.29, 1.82) is 0 Å². The van der Waals surface area contributed by atoms with Crippen LogP contribution in [0.15, 0.2) is 12.1 Å². The molecule has 0 saturated carbocycles. The Morgan fingerprint density at radius 3 is 2.71 bits per heavy atom. The van der Waals surface area contributed by atoms with Crippen LogP contribution in [0.3, 0.4) is 0 Å². The second-order valence-electron chi connectivity index (χ2n) is 3.34. The number of carboxylic acid groups (broad SMARTS) is 1.